The van der Waals surface area contributed by atoms with E-state index in [0.29, 0.717) is 26.4 Å². The predicted octanol–water partition coefficient (Wildman–Crippen LogP) is 3.36. The lowest BCUT2D eigenvalue weighted by molar-refractivity contribution is 0.573. The summed E-state index contributed by atoms with van der Waals surface area (Å²) in [7, 11) is -3.55. The molecule has 8 heteroatoms. The van der Waals surface area contributed by atoms with Gasteiger partial charge in [-0.15, -0.1) is 0 Å². The number of thioether (sulfide) groups is 1. The second kappa shape index (κ2) is 7.00. The summed E-state index contributed by atoms with van der Waals surface area (Å²) in [5.74, 6) is 1.11. The first-order valence-electron chi connectivity index (χ1n) is 6.26. The minimum atomic E-state index is -3.55. The number of rotatable bonds is 4. The lowest BCUT2D eigenvalue weighted by Gasteiger charge is -2.21. The fourth-order valence-electron chi connectivity index (χ4n) is 2.08. The van der Waals surface area contributed by atoms with Gasteiger partial charge in [-0.25, -0.2) is 13.1 Å². The Morgan fingerprint density at radius 2 is 1.95 bits per heavy atom. The zero-order valence-electron chi connectivity index (χ0n) is 10.7. The van der Waals surface area contributed by atoms with E-state index in [1.165, 1.54) is 12.8 Å². The van der Waals surface area contributed by atoms with Gasteiger partial charge in [0.2, 0.25) is 10.0 Å². The van der Waals surface area contributed by atoms with Gasteiger partial charge in [0.25, 0.3) is 0 Å². The minimum Gasteiger partial charge on any atom is -0.399 e. The van der Waals surface area contributed by atoms with Gasteiger partial charge in [0.1, 0.15) is 4.90 Å². The summed E-state index contributed by atoms with van der Waals surface area (Å²) >= 11 is 8.37. The highest BCUT2D eigenvalue weighted by molar-refractivity contribution is 9.11. The van der Waals surface area contributed by atoms with E-state index in [4.69, 9.17) is 5.73 Å². The van der Waals surface area contributed by atoms with E-state index in [1.807, 2.05) is 11.8 Å². The molecule has 1 atom stereocenters. The van der Waals surface area contributed by atoms with Gasteiger partial charge in [-0.1, -0.05) is 6.42 Å². The van der Waals surface area contributed by atoms with Crippen molar-refractivity contribution >= 4 is 59.3 Å². The molecule has 1 fully saturated rings. The van der Waals surface area contributed by atoms with Crippen LogP contribution in [-0.4, -0.2) is 26.0 Å². The van der Waals surface area contributed by atoms with Crippen molar-refractivity contribution in [2.24, 2.45) is 0 Å². The normalized spacial score (nSPS) is 20.0. The predicted molar refractivity (Wildman–Crippen MR) is 91.5 cm³/mol. The molecular weight excluding hydrogens is 428 g/mol. The molecule has 1 aliphatic rings. The van der Waals surface area contributed by atoms with Gasteiger partial charge >= 0.3 is 0 Å². The number of benzene rings is 1. The number of hydrogen-bond donors (Lipinski definition) is 2. The Balaban J connectivity index is 2.14. The molecule has 0 radical (unpaired) electrons. The molecule has 0 aliphatic carbocycles. The standard InChI is InChI=1S/C12H16Br2N2O2S2/c13-10-5-8(15)6-11(14)12(10)20(17,18)16-7-9-3-1-2-4-19-9/h5-6,9,16H,1-4,7,15H2. The fourth-order valence-corrected chi connectivity index (χ4v) is 7.12. The molecule has 0 amide bonds. The first kappa shape index (κ1) is 16.6. The van der Waals surface area contributed by atoms with E-state index >= 15 is 0 Å². The van der Waals surface area contributed by atoms with Crippen LogP contribution < -0.4 is 10.5 Å². The number of anilines is 1. The number of nitrogen functional groups attached to an aromatic ring is 1. The Morgan fingerprint density at radius 1 is 1.30 bits per heavy atom. The summed E-state index contributed by atoms with van der Waals surface area (Å²) in [5, 5.41) is 0.366. The number of hydrogen-bond acceptors (Lipinski definition) is 4. The first-order chi connectivity index (χ1) is 9.40. The van der Waals surface area contributed by atoms with Gasteiger partial charge in [0.15, 0.2) is 0 Å². The van der Waals surface area contributed by atoms with Crippen molar-refractivity contribution < 1.29 is 8.42 Å². The third-order valence-corrected chi connectivity index (χ3v) is 7.76. The van der Waals surface area contributed by atoms with Crippen molar-refractivity contribution in [2.45, 2.75) is 29.4 Å². The highest BCUT2D eigenvalue weighted by Crippen LogP contribution is 2.32. The minimum absolute atomic E-state index is 0.201. The van der Waals surface area contributed by atoms with Crippen LogP contribution in [0.2, 0.25) is 0 Å². The quantitative estimate of drug-likeness (QED) is 0.699. The lowest BCUT2D eigenvalue weighted by atomic mass is 10.2. The Labute approximate surface area is 140 Å². The van der Waals surface area contributed by atoms with E-state index in [0.717, 1.165) is 12.2 Å². The van der Waals surface area contributed by atoms with Crippen molar-refractivity contribution in [3.05, 3.63) is 21.1 Å². The zero-order valence-corrected chi connectivity index (χ0v) is 15.5. The molecule has 1 aliphatic heterocycles. The highest BCUT2D eigenvalue weighted by Gasteiger charge is 2.23. The van der Waals surface area contributed by atoms with Gasteiger partial charge in [-0.05, 0) is 62.6 Å². The molecule has 4 nitrogen and oxygen atoms in total. The number of nitrogens with two attached hydrogens (primary N) is 1. The van der Waals surface area contributed by atoms with E-state index in [2.05, 4.69) is 36.6 Å². The van der Waals surface area contributed by atoms with Gasteiger partial charge in [-0.3, -0.25) is 0 Å². The molecule has 0 saturated carbocycles. The summed E-state index contributed by atoms with van der Waals surface area (Å²) in [6, 6.07) is 3.18. The average Bonchev–Trinajstić information content (AvgIpc) is 2.36. The monoisotopic (exact) mass is 442 g/mol. The topological polar surface area (TPSA) is 72.2 Å². The third-order valence-electron chi connectivity index (χ3n) is 3.06. The average molecular weight is 444 g/mol. The highest BCUT2D eigenvalue weighted by atomic mass is 79.9. The Hall–Kier alpha value is 0.240. The van der Waals surface area contributed by atoms with Crippen LogP contribution in [0.4, 0.5) is 5.69 Å². The molecule has 0 bridgehead atoms. The van der Waals surface area contributed by atoms with Gasteiger partial charge in [0.05, 0.1) is 0 Å². The molecule has 2 rings (SSSR count). The largest absolute Gasteiger partial charge is 0.399 e. The van der Waals surface area contributed by atoms with Gasteiger partial charge < -0.3 is 5.73 Å². The SMILES string of the molecule is Nc1cc(Br)c(S(=O)(=O)NCC2CCCCS2)c(Br)c1. The summed E-state index contributed by atoms with van der Waals surface area (Å²) in [4.78, 5) is 0.201. The molecule has 1 aromatic carbocycles. The summed E-state index contributed by atoms with van der Waals surface area (Å²) in [6.07, 6.45) is 3.47. The Bertz CT molecular complexity index is 564. The second-order valence-corrected chi connectivity index (χ2v) is 9.47. The molecule has 112 valence electrons. The van der Waals surface area contributed by atoms with Crippen LogP contribution in [0, 0.1) is 0 Å². The first-order valence-corrected chi connectivity index (χ1v) is 10.4. The zero-order chi connectivity index (χ0) is 14.8. The van der Waals surface area contributed by atoms with Crippen LogP contribution in [0.5, 0.6) is 0 Å². The summed E-state index contributed by atoms with van der Waals surface area (Å²) in [6.45, 7) is 0.469. The number of halogens is 2. The van der Waals surface area contributed by atoms with E-state index in [9.17, 15) is 8.42 Å². The van der Waals surface area contributed by atoms with Crippen LogP contribution in [-0.2, 0) is 10.0 Å². The molecule has 3 N–H and O–H groups in total. The van der Waals surface area contributed by atoms with Crippen molar-refractivity contribution in [2.75, 3.05) is 18.0 Å². The van der Waals surface area contributed by atoms with Crippen LogP contribution in [0.15, 0.2) is 26.0 Å². The maximum Gasteiger partial charge on any atom is 0.242 e. The fraction of sp³-hybridized carbons (Fsp3) is 0.500. The van der Waals surface area contributed by atoms with Crippen molar-refractivity contribution in [1.29, 1.82) is 0 Å². The molecular formula is C12H16Br2N2O2S2. The van der Waals surface area contributed by atoms with Crippen molar-refractivity contribution in [1.82, 2.24) is 4.72 Å². The van der Waals surface area contributed by atoms with Gasteiger partial charge in [-0.2, -0.15) is 11.8 Å². The lowest BCUT2D eigenvalue weighted by Crippen LogP contribution is -2.32. The molecule has 1 unspecified atom stereocenters. The van der Waals surface area contributed by atoms with Crippen LogP contribution >= 0.6 is 43.6 Å². The van der Waals surface area contributed by atoms with E-state index < -0.39 is 10.0 Å². The third kappa shape index (κ3) is 4.13. The van der Waals surface area contributed by atoms with Crippen molar-refractivity contribution in [3.8, 4) is 0 Å². The maximum atomic E-state index is 12.4. The second-order valence-electron chi connectivity index (χ2n) is 4.65. The molecule has 0 aromatic heterocycles. The molecule has 1 heterocycles. The molecule has 1 aromatic rings. The number of sulfonamides is 1. The smallest absolute Gasteiger partial charge is 0.242 e. The Kier molecular flexibility index (Phi) is 5.81. The Morgan fingerprint density at radius 3 is 2.50 bits per heavy atom. The van der Waals surface area contributed by atoms with E-state index in [-0.39, 0.29) is 4.90 Å². The molecule has 0 spiro atoms. The summed E-state index contributed by atoms with van der Waals surface area (Å²) in [5.41, 5.74) is 6.19. The number of nitrogens with one attached hydrogen (secondary N) is 1. The molecule has 1 saturated heterocycles. The maximum absolute atomic E-state index is 12.4. The summed E-state index contributed by atoms with van der Waals surface area (Å²) < 4.78 is 28.4. The van der Waals surface area contributed by atoms with Gasteiger partial charge in [0, 0.05) is 26.4 Å². The van der Waals surface area contributed by atoms with Crippen LogP contribution in [0.1, 0.15) is 19.3 Å². The van der Waals surface area contributed by atoms with Crippen LogP contribution in [0.3, 0.4) is 0 Å². The van der Waals surface area contributed by atoms with Crippen molar-refractivity contribution in [3.63, 3.8) is 0 Å². The molecule has 20 heavy (non-hydrogen) atoms. The van der Waals surface area contributed by atoms with Crippen LogP contribution in [0.25, 0.3) is 0 Å². The van der Waals surface area contributed by atoms with E-state index in [1.54, 1.807) is 12.1 Å².